The van der Waals surface area contributed by atoms with E-state index in [-0.39, 0.29) is 0 Å². The van der Waals surface area contributed by atoms with Crippen LogP contribution in [0.25, 0.3) is 0 Å². The van der Waals surface area contributed by atoms with E-state index in [0.717, 1.165) is 22.6 Å². The van der Waals surface area contributed by atoms with E-state index < -0.39 is 0 Å². The smallest absolute Gasteiger partial charge is 0.216 e. The molecule has 0 saturated carbocycles. The summed E-state index contributed by atoms with van der Waals surface area (Å²) in [5.41, 5.74) is 4.26. The summed E-state index contributed by atoms with van der Waals surface area (Å²) >= 11 is 5.09. The molecule has 132 valence electrons. The van der Waals surface area contributed by atoms with Crippen LogP contribution < -0.4 is 4.90 Å². The zero-order valence-electron chi connectivity index (χ0n) is 14.4. The minimum Gasteiger partial charge on any atom is -0.311 e. The Hall–Kier alpha value is -3.51. The van der Waals surface area contributed by atoms with Gasteiger partial charge in [-0.25, -0.2) is 0 Å². The van der Waals surface area contributed by atoms with Crippen LogP contribution >= 0.6 is 12.2 Å². The Morgan fingerprint density at radius 1 is 0.815 bits per heavy atom. The fraction of sp³-hybridized carbons (Fsp3) is 0. The quantitative estimate of drug-likeness (QED) is 0.383. The zero-order chi connectivity index (χ0) is 18.5. The topological polar surface area (TPSA) is 49.2 Å². The molecule has 0 saturated heterocycles. The van der Waals surface area contributed by atoms with Crippen LogP contribution in [-0.2, 0) is 0 Å². The number of benzene rings is 3. The number of hydrogen-bond acceptors (Lipinski definition) is 4. The molecule has 1 aromatic heterocycles. The Labute approximate surface area is 162 Å². The molecule has 27 heavy (non-hydrogen) atoms. The molecular formula is C21H17N5S. The van der Waals surface area contributed by atoms with Crippen molar-refractivity contribution in [3.8, 4) is 0 Å². The third-order valence-corrected chi connectivity index (χ3v) is 4.33. The molecule has 1 N–H and O–H groups in total. The number of anilines is 3. The molecule has 3 aromatic carbocycles. The molecule has 0 spiro atoms. The minimum atomic E-state index is 0.460. The van der Waals surface area contributed by atoms with Crippen LogP contribution in [0, 0.1) is 4.77 Å². The third-order valence-electron chi connectivity index (χ3n) is 4.05. The van der Waals surface area contributed by atoms with Gasteiger partial charge in [-0.1, -0.05) is 48.5 Å². The van der Waals surface area contributed by atoms with E-state index in [0.29, 0.717) is 4.77 Å². The van der Waals surface area contributed by atoms with Gasteiger partial charge < -0.3 is 4.90 Å². The summed E-state index contributed by atoms with van der Waals surface area (Å²) in [6, 6.07) is 28.8. The second-order valence-electron chi connectivity index (χ2n) is 5.85. The van der Waals surface area contributed by atoms with E-state index >= 15 is 0 Å². The maximum atomic E-state index is 5.09. The second kappa shape index (κ2) is 7.80. The number of aromatic nitrogens is 3. The van der Waals surface area contributed by atoms with E-state index in [1.807, 2.05) is 48.5 Å². The largest absolute Gasteiger partial charge is 0.311 e. The highest BCUT2D eigenvalue weighted by Crippen LogP contribution is 2.33. The van der Waals surface area contributed by atoms with Crippen molar-refractivity contribution >= 4 is 35.5 Å². The second-order valence-corrected chi connectivity index (χ2v) is 6.24. The normalized spacial score (nSPS) is 11.0. The predicted molar refractivity (Wildman–Crippen MR) is 112 cm³/mol. The van der Waals surface area contributed by atoms with Crippen molar-refractivity contribution in [1.82, 2.24) is 14.9 Å². The van der Waals surface area contributed by atoms with Gasteiger partial charge in [0.2, 0.25) is 4.77 Å². The average Bonchev–Trinajstić information content (AvgIpc) is 3.14. The molecular weight excluding hydrogens is 354 g/mol. The lowest BCUT2D eigenvalue weighted by Gasteiger charge is -2.25. The van der Waals surface area contributed by atoms with Gasteiger partial charge in [-0.3, -0.25) is 5.10 Å². The van der Waals surface area contributed by atoms with E-state index in [9.17, 15) is 0 Å². The van der Waals surface area contributed by atoms with Gasteiger partial charge in [-0.15, -0.1) is 0 Å². The van der Waals surface area contributed by atoms with Gasteiger partial charge in [-0.05, 0) is 54.2 Å². The van der Waals surface area contributed by atoms with Crippen molar-refractivity contribution in [3.63, 3.8) is 0 Å². The van der Waals surface area contributed by atoms with Crippen molar-refractivity contribution < 1.29 is 0 Å². The summed E-state index contributed by atoms with van der Waals surface area (Å²) in [6.45, 7) is 0. The van der Waals surface area contributed by atoms with Crippen LogP contribution in [0.15, 0.2) is 96.4 Å². The van der Waals surface area contributed by atoms with Crippen molar-refractivity contribution in [2.75, 3.05) is 4.90 Å². The van der Waals surface area contributed by atoms with Crippen LogP contribution in [0.2, 0.25) is 0 Å². The van der Waals surface area contributed by atoms with Gasteiger partial charge in [0.15, 0.2) is 0 Å². The Bertz CT molecular complexity index is 1040. The van der Waals surface area contributed by atoms with E-state index in [1.165, 1.54) is 4.68 Å². The fourth-order valence-corrected chi connectivity index (χ4v) is 2.91. The highest BCUT2D eigenvalue weighted by atomic mass is 32.1. The van der Waals surface area contributed by atoms with Gasteiger partial charge in [0.05, 0.1) is 6.21 Å². The van der Waals surface area contributed by atoms with E-state index in [1.54, 1.807) is 12.5 Å². The highest BCUT2D eigenvalue weighted by molar-refractivity contribution is 7.71. The Balaban J connectivity index is 1.66. The van der Waals surface area contributed by atoms with Crippen LogP contribution in [-0.4, -0.2) is 21.1 Å². The van der Waals surface area contributed by atoms with Crippen LogP contribution in [0.5, 0.6) is 0 Å². The first-order valence-electron chi connectivity index (χ1n) is 8.48. The summed E-state index contributed by atoms with van der Waals surface area (Å²) in [4.78, 5) is 2.22. The van der Waals surface area contributed by atoms with Gasteiger partial charge in [0.1, 0.15) is 6.33 Å². The maximum Gasteiger partial charge on any atom is 0.216 e. The minimum absolute atomic E-state index is 0.460. The average molecular weight is 371 g/mol. The molecule has 4 aromatic rings. The van der Waals surface area contributed by atoms with Gasteiger partial charge in [0.25, 0.3) is 0 Å². The van der Waals surface area contributed by atoms with Crippen molar-refractivity contribution in [1.29, 1.82) is 0 Å². The molecule has 4 rings (SSSR count). The fourth-order valence-electron chi connectivity index (χ4n) is 2.76. The highest BCUT2D eigenvalue weighted by Gasteiger charge is 2.11. The lowest BCUT2D eigenvalue weighted by molar-refractivity contribution is 0.863. The molecule has 0 atom stereocenters. The molecule has 0 aliphatic rings. The number of rotatable bonds is 5. The number of nitrogens with zero attached hydrogens (tertiary/aromatic N) is 4. The van der Waals surface area contributed by atoms with Crippen LogP contribution in [0.4, 0.5) is 17.1 Å². The maximum absolute atomic E-state index is 5.09. The molecule has 0 unspecified atom stereocenters. The number of para-hydroxylation sites is 2. The molecule has 5 nitrogen and oxygen atoms in total. The first-order valence-corrected chi connectivity index (χ1v) is 8.89. The van der Waals surface area contributed by atoms with Gasteiger partial charge in [0, 0.05) is 17.1 Å². The van der Waals surface area contributed by atoms with E-state index in [4.69, 9.17) is 12.2 Å². The van der Waals surface area contributed by atoms with Crippen LogP contribution in [0.1, 0.15) is 5.56 Å². The van der Waals surface area contributed by atoms with Crippen LogP contribution in [0.3, 0.4) is 0 Å². The third kappa shape index (κ3) is 3.86. The van der Waals surface area contributed by atoms with E-state index in [2.05, 4.69) is 56.6 Å². The summed E-state index contributed by atoms with van der Waals surface area (Å²) < 4.78 is 1.98. The Kier molecular flexibility index (Phi) is 4.89. The van der Waals surface area contributed by atoms with Gasteiger partial charge in [-0.2, -0.15) is 14.9 Å². The summed E-state index contributed by atoms with van der Waals surface area (Å²) in [7, 11) is 0. The number of H-pyrrole nitrogens is 1. The Morgan fingerprint density at radius 3 is 1.89 bits per heavy atom. The summed E-state index contributed by atoms with van der Waals surface area (Å²) in [5, 5.41) is 10.8. The SMILES string of the molecule is S=c1[nH]ncn1N=Cc1ccc(N(c2ccccc2)c2ccccc2)cc1. The number of hydrogen-bond donors (Lipinski definition) is 1. The predicted octanol–water partition coefficient (Wildman–Crippen LogP) is 5.29. The molecule has 0 radical (unpaired) electrons. The monoisotopic (exact) mass is 371 g/mol. The molecule has 0 aliphatic heterocycles. The first-order chi connectivity index (χ1) is 13.3. The van der Waals surface area contributed by atoms with Gasteiger partial charge >= 0.3 is 0 Å². The molecule has 0 bridgehead atoms. The summed E-state index contributed by atoms with van der Waals surface area (Å²) in [6.07, 6.45) is 3.30. The molecule has 0 amide bonds. The standard InChI is InChI=1S/C21H17N5S/c27-21-24-22-16-25(21)23-15-17-11-13-20(14-12-17)26(18-7-3-1-4-8-18)19-9-5-2-6-10-19/h1-16H,(H,24,27). The lowest BCUT2D eigenvalue weighted by Crippen LogP contribution is -2.09. The first kappa shape index (κ1) is 16.9. The lowest BCUT2D eigenvalue weighted by atomic mass is 10.1. The molecule has 1 heterocycles. The van der Waals surface area contributed by atoms with Crippen molar-refractivity contribution in [3.05, 3.63) is 102 Å². The Morgan fingerprint density at radius 2 is 1.37 bits per heavy atom. The zero-order valence-corrected chi connectivity index (χ0v) is 15.3. The molecule has 6 heteroatoms. The van der Waals surface area contributed by atoms with Crippen molar-refractivity contribution in [2.24, 2.45) is 5.10 Å². The summed E-state index contributed by atoms with van der Waals surface area (Å²) in [5.74, 6) is 0. The molecule has 0 fully saturated rings. The number of nitrogens with one attached hydrogen (secondary N) is 1. The molecule has 0 aliphatic carbocycles. The van der Waals surface area contributed by atoms with Crippen molar-refractivity contribution in [2.45, 2.75) is 0 Å². The number of aromatic amines is 1.